The smallest absolute Gasteiger partial charge is 0.263 e. The first kappa shape index (κ1) is 7.92. The summed E-state index contributed by atoms with van der Waals surface area (Å²) >= 11 is 0. The Morgan fingerprint density at radius 3 is 2.40 bits per heavy atom. The maximum Gasteiger partial charge on any atom is 0.263 e. The van der Waals surface area contributed by atoms with E-state index in [1.54, 1.807) is 0 Å². The van der Waals surface area contributed by atoms with Crippen LogP contribution in [0.2, 0.25) is 0 Å². The standard InChI is InChI=1S/C7H13F2N/c1-5-2-3-6(10)7(8,9)4-5/h5-6H,2-4,10H2,1H3. The van der Waals surface area contributed by atoms with Crippen molar-refractivity contribution in [2.45, 2.75) is 38.2 Å². The SMILES string of the molecule is CC1CCC(N)C(F)(F)C1. The largest absolute Gasteiger partial charge is 0.323 e. The third kappa shape index (κ3) is 1.45. The predicted octanol–water partition coefficient (Wildman–Crippen LogP) is 1.77. The van der Waals surface area contributed by atoms with Crippen LogP contribution in [0.25, 0.3) is 0 Å². The van der Waals surface area contributed by atoms with Crippen molar-refractivity contribution in [2.75, 3.05) is 0 Å². The van der Waals surface area contributed by atoms with Crippen molar-refractivity contribution in [3.63, 3.8) is 0 Å². The highest BCUT2D eigenvalue weighted by molar-refractivity contribution is 4.86. The average Bonchev–Trinajstić information content (AvgIpc) is 1.78. The lowest BCUT2D eigenvalue weighted by Crippen LogP contribution is -2.45. The molecule has 1 saturated carbocycles. The molecule has 60 valence electrons. The molecule has 1 aliphatic carbocycles. The molecular formula is C7H13F2N. The molecular weight excluding hydrogens is 136 g/mol. The van der Waals surface area contributed by atoms with Crippen LogP contribution in [0.1, 0.15) is 26.2 Å². The summed E-state index contributed by atoms with van der Waals surface area (Å²) in [7, 11) is 0. The van der Waals surface area contributed by atoms with E-state index < -0.39 is 12.0 Å². The molecule has 2 unspecified atom stereocenters. The van der Waals surface area contributed by atoms with Gasteiger partial charge in [-0.15, -0.1) is 0 Å². The van der Waals surface area contributed by atoms with Gasteiger partial charge in [0.25, 0.3) is 5.92 Å². The highest BCUT2D eigenvalue weighted by atomic mass is 19.3. The lowest BCUT2D eigenvalue weighted by molar-refractivity contribution is -0.0665. The molecule has 0 aliphatic heterocycles. The summed E-state index contributed by atoms with van der Waals surface area (Å²) in [5.74, 6) is -2.48. The summed E-state index contributed by atoms with van der Waals surface area (Å²) in [6.07, 6.45) is 1.28. The van der Waals surface area contributed by atoms with E-state index in [1.807, 2.05) is 6.92 Å². The number of nitrogens with two attached hydrogens (primary N) is 1. The molecule has 1 nitrogen and oxygen atoms in total. The van der Waals surface area contributed by atoms with Gasteiger partial charge in [-0.3, -0.25) is 0 Å². The molecule has 0 bridgehead atoms. The molecule has 1 rings (SSSR count). The maximum absolute atomic E-state index is 12.7. The van der Waals surface area contributed by atoms with Gasteiger partial charge >= 0.3 is 0 Å². The van der Waals surface area contributed by atoms with Crippen LogP contribution in [0.5, 0.6) is 0 Å². The van der Waals surface area contributed by atoms with Crippen LogP contribution in [-0.4, -0.2) is 12.0 Å². The van der Waals surface area contributed by atoms with E-state index in [1.165, 1.54) is 0 Å². The van der Waals surface area contributed by atoms with Gasteiger partial charge in [0.2, 0.25) is 0 Å². The van der Waals surface area contributed by atoms with Gasteiger partial charge in [0, 0.05) is 6.42 Å². The van der Waals surface area contributed by atoms with Crippen molar-refractivity contribution in [3.05, 3.63) is 0 Å². The van der Waals surface area contributed by atoms with Crippen molar-refractivity contribution < 1.29 is 8.78 Å². The third-order valence-electron chi connectivity index (χ3n) is 2.13. The quantitative estimate of drug-likeness (QED) is 0.558. The summed E-state index contributed by atoms with van der Waals surface area (Å²) in [4.78, 5) is 0. The minimum absolute atomic E-state index is 0.0336. The zero-order chi connectivity index (χ0) is 7.78. The van der Waals surface area contributed by atoms with E-state index in [-0.39, 0.29) is 12.3 Å². The lowest BCUT2D eigenvalue weighted by atomic mass is 9.85. The summed E-state index contributed by atoms with van der Waals surface area (Å²) in [5.41, 5.74) is 5.22. The Labute approximate surface area is 59.6 Å². The fourth-order valence-electron chi connectivity index (χ4n) is 1.39. The van der Waals surface area contributed by atoms with Crippen molar-refractivity contribution in [3.8, 4) is 0 Å². The summed E-state index contributed by atoms with van der Waals surface area (Å²) < 4.78 is 25.4. The zero-order valence-electron chi connectivity index (χ0n) is 6.11. The van der Waals surface area contributed by atoms with Gasteiger partial charge in [-0.05, 0) is 18.8 Å². The maximum atomic E-state index is 12.7. The van der Waals surface area contributed by atoms with Gasteiger partial charge in [-0.1, -0.05) is 6.92 Å². The molecule has 0 saturated heterocycles. The fraction of sp³-hybridized carbons (Fsp3) is 1.00. The number of rotatable bonds is 0. The highest BCUT2D eigenvalue weighted by Crippen LogP contribution is 2.35. The van der Waals surface area contributed by atoms with E-state index in [0.717, 1.165) is 6.42 Å². The molecule has 0 radical (unpaired) electrons. The van der Waals surface area contributed by atoms with Crippen molar-refractivity contribution in [1.29, 1.82) is 0 Å². The Bertz CT molecular complexity index is 125. The Morgan fingerprint density at radius 1 is 1.40 bits per heavy atom. The first-order chi connectivity index (χ1) is 4.52. The van der Waals surface area contributed by atoms with E-state index in [0.29, 0.717) is 6.42 Å². The summed E-state index contributed by atoms with van der Waals surface area (Å²) in [5, 5.41) is 0. The second kappa shape index (κ2) is 2.46. The Kier molecular flexibility index (Phi) is 1.95. The normalized spacial score (nSPS) is 39.6. The third-order valence-corrected chi connectivity index (χ3v) is 2.13. The van der Waals surface area contributed by atoms with Gasteiger partial charge in [0.15, 0.2) is 0 Å². The van der Waals surface area contributed by atoms with E-state index in [2.05, 4.69) is 0 Å². The number of alkyl halides is 2. The lowest BCUT2D eigenvalue weighted by Gasteiger charge is -2.31. The highest BCUT2D eigenvalue weighted by Gasteiger charge is 2.41. The van der Waals surface area contributed by atoms with Gasteiger partial charge in [0.05, 0.1) is 6.04 Å². The molecule has 10 heavy (non-hydrogen) atoms. The predicted molar refractivity (Wildman–Crippen MR) is 35.9 cm³/mol. The van der Waals surface area contributed by atoms with Gasteiger partial charge in [-0.2, -0.15) is 0 Å². The van der Waals surface area contributed by atoms with Gasteiger partial charge < -0.3 is 5.73 Å². The first-order valence-corrected chi connectivity index (χ1v) is 3.66. The second-order valence-electron chi connectivity index (χ2n) is 3.25. The van der Waals surface area contributed by atoms with Crippen LogP contribution < -0.4 is 5.73 Å². The molecule has 0 amide bonds. The zero-order valence-corrected chi connectivity index (χ0v) is 6.11. The number of hydrogen-bond donors (Lipinski definition) is 1. The van der Waals surface area contributed by atoms with Crippen LogP contribution in [0, 0.1) is 5.92 Å². The van der Waals surface area contributed by atoms with Crippen LogP contribution in [-0.2, 0) is 0 Å². The van der Waals surface area contributed by atoms with Crippen LogP contribution in [0.15, 0.2) is 0 Å². The molecule has 0 spiro atoms. The van der Waals surface area contributed by atoms with Gasteiger partial charge in [-0.25, -0.2) is 8.78 Å². The van der Waals surface area contributed by atoms with E-state index >= 15 is 0 Å². The monoisotopic (exact) mass is 149 g/mol. The first-order valence-electron chi connectivity index (χ1n) is 3.66. The summed E-state index contributed by atoms with van der Waals surface area (Å²) in [6.45, 7) is 1.85. The molecule has 2 N–H and O–H groups in total. The molecule has 0 aromatic heterocycles. The van der Waals surface area contributed by atoms with Crippen LogP contribution in [0.4, 0.5) is 8.78 Å². The number of halogens is 2. The summed E-state index contributed by atoms with van der Waals surface area (Å²) in [6, 6.07) is -0.899. The average molecular weight is 149 g/mol. The molecule has 1 aliphatic rings. The van der Waals surface area contributed by atoms with Gasteiger partial charge in [0.1, 0.15) is 0 Å². The molecule has 1 fully saturated rings. The molecule has 0 aromatic rings. The van der Waals surface area contributed by atoms with E-state index in [9.17, 15) is 8.78 Å². The Balaban J connectivity index is 2.55. The van der Waals surface area contributed by atoms with Crippen molar-refractivity contribution >= 4 is 0 Å². The number of hydrogen-bond acceptors (Lipinski definition) is 1. The molecule has 0 heterocycles. The topological polar surface area (TPSA) is 26.0 Å². The molecule has 0 aromatic carbocycles. The van der Waals surface area contributed by atoms with Crippen LogP contribution >= 0.6 is 0 Å². The van der Waals surface area contributed by atoms with Crippen molar-refractivity contribution in [2.24, 2.45) is 11.7 Å². The Hall–Kier alpha value is -0.180. The Morgan fingerprint density at radius 2 is 2.00 bits per heavy atom. The minimum Gasteiger partial charge on any atom is -0.323 e. The van der Waals surface area contributed by atoms with E-state index in [4.69, 9.17) is 5.73 Å². The fourth-order valence-corrected chi connectivity index (χ4v) is 1.39. The second-order valence-corrected chi connectivity index (χ2v) is 3.25. The molecule has 2 atom stereocenters. The van der Waals surface area contributed by atoms with Crippen molar-refractivity contribution in [1.82, 2.24) is 0 Å². The minimum atomic E-state index is -2.61. The molecule has 3 heteroatoms. The van der Waals surface area contributed by atoms with Crippen LogP contribution in [0.3, 0.4) is 0 Å².